The number of ketones is 1. The number of halogens is 2. The molecule has 0 bridgehead atoms. The molecule has 4 rings (SSSR count). The Balaban J connectivity index is 1.87. The maximum atomic E-state index is 13.9. The van der Waals surface area contributed by atoms with Gasteiger partial charge >= 0.3 is 0 Å². The molecule has 36 heavy (non-hydrogen) atoms. The van der Waals surface area contributed by atoms with Crippen LogP contribution in [0.1, 0.15) is 43.5 Å². The second kappa shape index (κ2) is 10.5. The standard InChI is InChI=1S/C29H27ClFNO4/c1-4-18-8-10-19(11-9-18)26-25(27(33)20-6-5-7-22(14-20)36-16-17(2)3)28(34)29(35)32(26)21-12-13-24(31)23(30)15-21/h5-15,17,26,33H,4,16H2,1-3H3/b27-25+. The van der Waals surface area contributed by atoms with Gasteiger partial charge in [-0.15, -0.1) is 0 Å². The van der Waals surface area contributed by atoms with E-state index in [4.69, 9.17) is 16.3 Å². The van der Waals surface area contributed by atoms with Crippen LogP contribution < -0.4 is 9.64 Å². The highest BCUT2D eigenvalue weighted by Gasteiger charge is 2.47. The number of aliphatic hydroxyl groups is 1. The largest absolute Gasteiger partial charge is 0.507 e. The number of anilines is 1. The summed E-state index contributed by atoms with van der Waals surface area (Å²) < 4.78 is 19.7. The zero-order valence-corrected chi connectivity index (χ0v) is 21.1. The molecular formula is C29H27ClFNO4. The van der Waals surface area contributed by atoms with Gasteiger partial charge in [0.15, 0.2) is 0 Å². The molecule has 0 aliphatic carbocycles. The first-order chi connectivity index (χ1) is 17.2. The minimum absolute atomic E-state index is 0.0642. The molecule has 1 atom stereocenters. The highest BCUT2D eigenvalue weighted by molar-refractivity contribution is 6.51. The number of ether oxygens (including phenoxy) is 1. The number of aliphatic hydroxyl groups excluding tert-OH is 1. The summed E-state index contributed by atoms with van der Waals surface area (Å²) >= 11 is 6.00. The van der Waals surface area contributed by atoms with Crippen LogP contribution in [0.15, 0.2) is 72.3 Å². The summed E-state index contributed by atoms with van der Waals surface area (Å²) in [5, 5.41) is 11.2. The minimum Gasteiger partial charge on any atom is -0.507 e. The molecule has 1 amide bonds. The van der Waals surface area contributed by atoms with Gasteiger partial charge in [0.2, 0.25) is 0 Å². The summed E-state index contributed by atoms with van der Waals surface area (Å²) in [5.74, 6) is -1.79. The molecule has 186 valence electrons. The molecule has 1 aliphatic rings. The lowest BCUT2D eigenvalue weighted by Crippen LogP contribution is -2.29. The van der Waals surface area contributed by atoms with Gasteiger partial charge in [-0.25, -0.2) is 4.39 Å². The first-order valence-corrected chi connectivity index (χ1v) is 12.2. The van der Waals surface area contributed by atoms with Gasteiger partial charge in [0.1, 0.15) is 17.3 Å². The summed E-state index contributed by atoms with van der Waals surface area (Å²) in [6.07, 6.45) is 0.817. The number of nitrogens with zero attached hydrogens (tertiary/aromatic N) is 1. The molecule has 0 aromatic heterocycles. The molecule has 7 heteroatoms. The Morgan fingerprint density at radius 1 is 1.08 bits per heavy atom. The fourth-order valence-electron chi connectivity index (χ4n) is 4.14. The normalized spacial score (nSPS) is 17.2. The number of carbonyl (C=O) groups excluding carboxylic acids is 2. The van der Waals surface area contributed by atoms with Crippen LogP contribution in [0.2, 0.25) is 5.02 Å². The number of Topliss-reactive ketones (excluding diaryl/α,β-unsaturated/α-hetero) is 1. The van der Waals surface area contributed by atoms with Crippen LogP contribution in [0.4, 0.5) is 10.1 Å². The van der Waals surface area contributed by atoms with Gasteiger partial charge in [0.25, 0.3) is 11.7 Å². The third kappa shape index (κ3) is 5.00. The second-order valence-electron chi connectivity index (χ2n) is 9.10. The number of amides is 1. The van der Waals surface area contributed by atoms with Gasteiger partial charge in [-0.3, -0.25) is 14.5 Å². The molecule has 1 unspecified atom stereocenters. The zero-order valence-electron chi connectivity index (χ0n) is 20.3. The van der Waals surface area contributed by atoms with E-state index in [-0.39, 0.29) is 22.0 Å². The number of rotatable bonds is 7. The molecular weight excluding hydrogens is 481 g/mol. The second-order valence-corrected chi connectivity index (χ2v) is 9.50. The number of benzene rings is 3. The fraction of sp³-hybridized carbons (Fsp3) is 0.241. The quantitative estimate of drug-likeness (QED) is 0.219. The molecule has 0 spiro atoms. The van der Waals surface area contributed by atoms with E-state index in [1.807, 2.05) is 45.0 Å². The summed E-state index contributed by atoms with van der Waals surface area (Å²) in [6.45, 7) is 6.56. The van der Waals surface area contributed by atoms with Crippen molar-refractivity contribution in [2.24, 2.45) is 5.92 Å². The average molecular weight is 508 g/mol. The Labute approximate surface area is 214 Å². The Morgan fingerprint density at radius 2 is 1.81 bits per heavy atom. The van der Waals surface area contributed by atoms with Crippen molar-refractivity contribution in [1.29, 1.82) is 0 Å². The van der Waals surface area contributed by atoms with Crippen LogP contribution in [0.5, 0.6) is 5.75 Å². The molecule has 3 aromatic rings. The van der Waals surface area contributed by atoms with Crippen molar-refractivity contribution in [3.05, 3.63) is 99.8 Å². The molecule has 1 saturated heterocycles. The van der Waals surface area contributed by atoms with E-state index < -0.39 is 23.5 Å². The van der Waals surface area contributed by atoms with Gasteiger partial charge in [0.05, 0.1) is 23.2 Å². The van der Waals surface area contributed by atoms with E-state index in [1.54, 1.807) is 24.3 Å². The maximum absolute atomic E-state index is 13.9. The lowest BCUT2D eigenvalue weighted by molar-refractivity contribution is -0.132. The first kappa shape index (κ1) is 25.5. The van der Waals surface area contributed by atoms with Crippen molar-refractivity contribution in [2.75, 3.05) is 11.5 Å². The predicted octanol–water partition coefficient (Wildman–Crippen LogP) is 6.70. The van der Waals surface area contributed by atoms with Gasteiger partial charge in [0, 0.05) is 11.3 Å². The van der Waals surface area contributed by atoms with Crippen molar-refractivity contribution < 1.29 is 23.8 Å². The summed E-state index contributed by atoms with van der Waals surface area (Å²) in [6, 6.07) is 17.1. The lowest BCUT2D eigenvalue weighted by atomic mass is 9.94. The Bertz CT molecular complexity index is 1330. The van der Waals surface area contributed by atoms with E-state index >= 15 is 0 Å². The molecule has 3 aromatic carbocycles. The summed E-state index contributed by atoms with van der Waals surface area (Å²) in [5.41, 5.74) is 2.24. The van der Waals surface area contributed by atoms with Gasteiger partial charge < -0.3 is 9.84 Å². The van der Waals surface area contributed by atoms with Crippen molar-refractivity contribution >= 4 is 34.7 Å². The van der Waals surface area contributed by atoms with Crippen molar-refractivity contribution in [3.8, 4) is 5.75 Å². The topological polar surface area (TPSA) is 66.8 Å². The van der Waals surface area contributed by atoms with Gasteiger partial charge in [-0.2, -0.15) is 0 Å². The Hall–Kier alpha value is -3.64. The SMILES string of the molecule is CCc1ccc(C2/C(=C(\O)c3cccc(OCC(C)C)c3)C(=O)C(=O)N2c2ccc(F)c(Cl)c2)cc1. The molecule has 1 heterocycles. The van der Waals surface area contributed by atoms with Crippen LogP contribution in [0.25, 0.3) is 5.76 Å². The third-order valence-corrected chi connectivity index (χ3v) is 6.31. The lowest BCUT2D eigenvalue weighted by Gasteiger charge is -2.26. The molecule has 1 N–H and O–H groups in total. The van der Waals surface area contributed by atoms with E-state index in [9.17, 15) is 19.1 Å². The third-order valence-electron chi connectivity index (χ3n) is 6.02. The fourth-order valence-corrected chi connectivity index (χ4v) is 4.31. The maximum Gasteiger partial charge on any atom is 0.300 e. The van der Waals surface area contributed by atoms with Crippen LogP contribution in [-0.2, 0) is 16.0 Å². The Morgan fingerprint density at radius 3 is 2.44 bits per heavy atom. The number of hydrogen-bond donors (Lipinski definition) is 1. The summed E-state index contributed by atoms with van der Waals surface area (Å²) in [4.78, 5) is 27.8. The smallest absolute Gasteiger partial charge is 0.300 e. The van der Waals surface area contributed by atoms with E-state index in [1.165, 1.54) is 17.0 Å². The predicted molar refractivity (Wildman–Crippen MR) is 139 cm³/mol. The van der Waals surface area contributed by atoms with Crippen molar-refractivity contribution in [2.45, 2.75) is 33.2 Å². The molecule has 1 aliphatic heterocycles. The van der Waals surface area contributed by atoms with Crippen molar-refractivity contribution in [1.82, 2.24) is 0 Å². The molecule has 5 nitrogen and oxygen atoms in total. The van der Waals surface area contributed by atoms with E-state index in [0.717, 1.165) is 18.1 Å². The summed E-state index contributed by atoms with van der Waals surface area (Å²) in [7, 11) is 0. The number of hydrogen-bond acceptors (Lipinski definition) is 4. The van der Waals surface area contributed by atoms with Crippen molar-refractivity contribution in [3.63, 3.8) is 0 Å². The first-order valence-electron chi connectivity index (χ1n) is 11.8. The molecule has 0 radical (unpaired) electrons. The molecule has 0 saturated carbocycles. The van der Waals surface area contributed by atoms with Crippen LogP contribution >= 0.6 is 11.6 Å². The highest BCUT2D eigenvalue weighted by atomic mass is 35.5. The number of carbonyl (C=O) groups is 2. The highest BCUT2D eigenvalue weighted by Crippen LogP contribution is 2.43. The van der Waals surface area contributed by atoms with Gasteiger partial charge in [-0.05, 0) is 53.8 Å². The molecule has 1 fully saturated rings. The monoisotopic (exact) mass is 507 g/mol. The zero-order chi connectivity index (χ0) is 26.0. The van der Waals surface area contributed by atoms with Crippen LogP contribution in [0, 0.1) is 11.7 Å². The van der Waals surface area contributed by atoms with E-state index in [2.05, 4.69) is 0 Å². The van der Waals surface area contributed by atoms with Crippen LogP contribution in [0.3, 0.4) is 0 Å². The van der Waals surface area contributed by atoms with E-state index in [0.29, 0.717) is 29.4 Å². The Kier molecular flexibility index (Phi) is 7.45. The minimum atomic E-state index is -0.933. The van der Waals surface area contributed by atoms with Gasteiger partial charge in [-0.1, -0.05) is 68.8 Å². The number of aryl methyl sites for hydroxylation is 1. The average Bonchev–Trinajstić information content (AvgIpc) is 3.14. The van der Waals surface area contributed by atoms with Crippen LogP contribution in [-0.4, -0.2) is 23.4 Å².